The van der Waals surface area contributed by atoms with Gasteiger partial charge in [-0.2, -0.15) is 13.2 Å². The van der Waals surface area contributed by atoms with Crippen LogP contribution in [0.2, 0.25) is 0 Å². The van der Waals surface area contributed by atoms with Gasteiger partial charge in [-0.15, -0.1) is 0 Å². The molecular weight excluding hydrogens is 271 g/mol. The van der Waals surface area contributed by atoms with Crippen molar-refractivity contribution in [1.82, 2.24) is 4.98 Å². The van der Waals surface area contributed by atoms with Gasteiger partial charge in [0, 0.05) is 17.5 Å². The van der Waals surface area contributed by atoms with Crippen LogP contribution in [0.25, 0.3) is 11.1 Å². The zero-order valence-electron chi connectivity index (χ0n) is 10.4. The number of carboxylic acid groups (broad SMARTS) is 1. The Balaban J connectivity index is 2.68. The van der Waals surface area contributed by atoms with E-state index in [0.29, 0.717) is 17.3 Å². The normalized spacial score (nSPS) is 11.4. The first kappa shape index (κ1) is 14.0. The van der Waals surface area contributed by atoms with Crippen LogP contribution >= 0.6 is 0 Å². The molecule has 0 radical (unpaired) electrons. The number of hydrogen-bond acceptors (Lipinski definition) is 2. The second-order valence-corrected chi connectivity index (χ2v) is 4.24. The zero-order valence-corrected chi connectivity index (χ0v) is 10.4. The van der Waals surface area contributed by atoms with Gasteiger partial charge in [0.25, 0.3) is 0 Å². The van der Waals surface area contributed by atoms with Crippen LogP contribution in [0.15, 0.2) is 36.5 Å². The highest BCUT2D eigenvalue weighted by molar-refractivity contribution is 5.90. The Bertz CT molecular complexity index is 666. The van der Waals surface area contributed by atoms with Crippen LogP contribution in [0.1, 0.15) is 21.6 Å². The van der Waals surface area contributed by atoms with Gasteiger partial charge in [0.15, 0.2) is 0 Å². The van der Waals surface area contributed by atoms with Crippen LogP contribution in [0.5, 0.6) is 0 Å². The van der Waals surface area contributed by atoms with E-state index in [1.807, 2.05) is 0 Å². The predicted molar refractivity (Wildman–Crippen MR) is 66.4 cm³/mol. The molecule has 2 rings (SSSR count). The summed E-state index contributed by atoms with van der Waals surface area (Å²) in [5.74, 6) is -1.40. The Morgan fingerprint density at radius 1 is 1.25 bits per heavy atom. The molecule has 0 saturated heterocycles. The van der Waals surface area contributed by atoms with Crippen molar-refractivity contribution in [2.45, 2.75) is 13.1 Å². The molecule has 0 fully saturated rings. The lowest BCUT2D eigenvalue weighted by molar-refractivity contribution is -0.137. The fourth-order valence-corrected chi connectivity index (χ4v) is 1.86. The highest BCUT2D eigenvalue weighted by atomic mass is 19.4. The van der Waals surface area contributed by atoms with Crippen LogP contribution in [0.3, 0.4) is 0 Å². The van der Waals surface area contributed by atoms with Crippen molar-refractivity contribution in [2.75, 3.05) is 0 Å². The van der Waals surface area contributed by atoms with E-state index < -0.39 is 23.3 Å². The smallest absolute Gasteiger partial charge is 0.416 e. The lowest BCUT2D eigenvalue weighted by atomic mass is 9.98. The molecule has 0 saturated carbocycles. The average molecular weight is 281 g/mol. The first-order chi connectivity index (χ1) is 9.29. The second-order valence-electron chi connectivity index (χ2n) is 4.24. The summed E-state index contributed by atoms with van der Waals surface area (Å²) in [6.45, 7) is 1.65. The van der Waals surface area contributed by atoms with E-state index in [4.69, 9.17) is 5.11 Å². The minimum Gasteiger partial charge on any atom is -0.478 e. The van der Waals surface area contributed by atoms with Crippen molar-refractivity contribution in [3.05, 3.63) is 53.3 Å². The minimum atomic E-state index is -4.60. The molecule has 1 aromatic carbocycles. The molecule has 6 heteroatoms. The molecular formula is C14H10F3NO2. The number of halogens is 3. The molecule has 0 atom stereocenters. The predicted octanol–water partition coefficient (Wildman–Crippen LogP) is 3.77. The number of aryl methyl sites for hydroxylation is 1. The van der Waals surface area contributed by atoms with E-state index >= 15 is 0 Å². The van der Waals surface area contributed by atoms with Crippen molar-refractivity contribution in [1.29, 1.82) is 0 Å². The summed E-state index contributed by atoms with van der Waals surface area (Å²) in [5, 5.41) is 8.93. The summed E-state index contributed by atoms with van der Waals surface area (Å²) in [7, 11) is 0. The number of aromatic nitrogens is 1. The van der Waals surface area contributed by atoms with Gasteiger partial charge in [-0.25, -0.2) is 4.79 Å². The molecule has 3 nitrogen and oxygen atoms in total. The van der Waals surface area contributed by atoms with Crippen molar-refractivity contribution >= 4 is 5.97 Å². The number of nitrogens with zero attached hydrogens (tertiary/aromatic N) is 1. The van der Waals surface area contributed by atoms with E-state index in [1.54, 1.807) is 19.1 Å². The quantitative estimate of drug-likeness (QED) is 0.911. The summed E-state index contributed by atoms with van der Waals surface area (Å²) in [5.41, 5.74) is -0.208. The van der Waals surface area contributed by atoms with Gasteiger partial charge in [0.1, 0.15) is 0 Å². The average Bonchev–Trinajstić information content (AvgIpc) is 2.37. The monoisotopic (exact) mass is 281 g/mol. The lowest BCUT2D eigenvalue weighted by Gasteiger charge is -2.12. The molecule has 0 bridgehead atoms. The molecule has 1 N–H and O–H groups in total. The van der Waals surface area contributed by atoms with Gasteiger partial charge in [0.2, 0.25) is 0 Å². The number of rotatable bonds is 2. The van der Waals surface area contributed by atoms with Crippen LogP contribution in [-0.4, -0.2) is 16.1 Å². The summed E-state index contributed by atoms with van der Waals surface area (Å²) in [4.78, 5) is 15.0. The summed E-state index contributed by atoms with van der Waals surface area (Å²) in [6, 6.07) is 5.95. The number of aromatic carboxylic acids is 1. The standard InChI is InChI=1S/C14H10F3NO2/c1-8-12(3-2-4-18-8)9-5-10(13(19)20)7-11(6-9)14(15,16)17/h2-7H,1H3,(H,19,20). The highest BCUT2D eigenvalue weighted by Gasteiger charge is 2.32. The second kappa shape index (κ2) is 4.96. The topological polar surface area (TPSA) is 50.2 Å². The first-order valence-electron chi connectivity index (χ1n) is 5.66. The number of benzene rings is 1. The fraction of sp³-hybridized carbons (Fsp3) is 0.143. The third-order valence-corrected chi connectivity index (χ3v) is 2.83. The fourth-order valence-electron chi connectivity index (χ4n) is 1.86. The van der Waals surface area contributed by atoms with Crippen LogP contribution in [0.4, 0.5) is 13.2 Å². The van der Waals surface area contributed by atoms with Crippen LogP contribution in [0, 0.1) is 6.92 Å². The third-order valence-electron chi connectivity index (χ3n) is 2.83. The van der Waals surface area contributed by atoms with E-state index in [0.717, 1.165) is 6.07 Å². The molecule has 20 heavy (non-hydrogen) atoms. The Labute approximate surface area is 112 Å². The molecule has 0 aliphatic carbocycles. The SMILES string of the molecule is Cc1ncccc1-c1cc(C(=O)O)cc(C(F)(F)F)c1. The van der Waals surface area contributed by atoms with Gasteiger partial charge in [-0.05, 0) is 36.8 Å². The van der Waals surface area contributed by atoms with Gasteiger partial charge in [-0.1, -0.05) is 6.07 Å². The van der Waals surface area contributed by atoms with E-state index in [1.165, 1.54) is 12.3 Å². The maximum atomic E-state index is 12.8. The van der Waals surface area contributed by atoms with Gasteiger partial charge < -0.3 is 5.11 Å². The maximum absolute atomic E-state index is 12.8. The van der Waals surface area contributed by atoms with Crippen molar-refractivity contribution in [3.8, 4) is 11.1 Å². The molecule has 0 aliphatic heterocycles. The lowest BCUT2D eigenvalue weighted by Crippen LogP contribution is -2.08. The van der Waals surface area contributed by atoms with Gasteiger partial charge in [0.05, 0.1) is 11.1 Å². The number of pyridine rings is 1. The molecule has 104 valence electrons. The molecule has 0 unspecified atom stereocenters. The maximum Gasteiger partial charge on any atom is 0.416 e. The Hall–Kier alpha value is -2.37. The highest BCUT2D eigenvalue weighted by Crippen LogP contribution is 2.34. The van der Waals surface area contributed by atoms with Crippen molar-refractivity contribution in [3.63, 3.8) is 0 Å². The summed E-state index contributed by atoms with van der Waals surface area (Å²) < 4.78 is 38.5. The zero-order chi connectivity index (χ0) is 14.9. The third kappa shape index (κ3) is 2.79. The summed E-state index contributed by atoms with van der Waals surface area (Å²) in [6.07, 6.45) is -3.08. The van der Waals surface area contributed by atoms with E-state index in [-0.39, 0.29) is 5.56 Å². The molecule has 1 heterocycles. The number of carbonyl (C=O) groups is 1. The molecule has 0 aliphatic rings. The molecule has 0 spiro atoms. The Kier molecular flexibility index (Phi) is 3.48. The molecule has 0 amide bonds. The number of carboxylic acids is 1. The van der Waals surface area contributed by atoms with Crippen LogP contribution in [-0.2, 0) is 6.18 Å². The Morgan fingerprint density at radius 2 is 1.95 bits per heavy atom. The van der Waals surface area contributed by atoms with Gasteiger partial charge in [-0.3, -0.25) is 4.98 Å². The van der Waals surface area contributed by atoms with Crippen LogP contribution < -0.4 is 0 Å². The minimum absolute atomic E-state index is 0.183. The Morgan fingerprint density at radius 3 is 2.50 bits per heavy atom. The first-order valence-corrected chi connectivity index (χ1v) is 5.66. The number of hydrogen-bond donors (Lipinski definition) is 1. The van der Waals surface area contributed by atoms with E-state index in [2.05, 4.69) is 4.98 Å². The van der Waals surface area contributed by atoms with Crippen molar-refractivity contribution in [2.24, 2.45) is 0 Å². The largest absolute Gasteiger partial charge is 0.478 e. The molecule has 1 aromatic heterocycles. The van der Waals surface area contributed by atoms with E-state index in [9.17, 15) is 18.0 Å². The molecule has 2 aromatic rings. The van der Waals surface area contributed by atoms with Crippen molar-refractivity contribution < 1.29 is 23.1 Å². The summed E-state index contributed by atoms with van der Waals surface area (Å²) >= 11 is 0. The van der Waals surface area contributed by atoms with Gasteiger partial charge >= 0.3 is 12.1 Å². The number of alkyl halides is 3.